The highest BCUT2D eigenvalue weighted by Crippen LogP contribution is 2.28. The number of primary amides is 1. The molecule has 1 aliphatic carbocycles. The van der Waals surface area contributed by atoms with E-state index in [0.29, 0.717) is 5.92 Å². The normalized spacial score (nSPS) is 16.7. The number of rotatable bonds is 6. The van der Waals surface area contributed by atoms with Crippen molar-refractivity contribution < 1.29 is 4.79 Å². The maximum atomic E-state index is 11.7. The number of carbonyl (C=O) groups is 1. The van der Waals surface area contributed by atoms with Crippen LogP contribution in [0.15, 0.2) is 30.3 Å². The molecule has 1 aromatic rings. The molecule has 1 fully saturated rings. The van der Waals surface area contributed by atoms with Gasteiger partial charge in [0.1, 0.15) is 0 Å². The van der Waals surface area contributed by atoms with Crippen LogP contribution >= 0.6 is 0 Å². The molecule has 2 N–H and O–H groups in total. The number of urea groups is 1. The fourth-order valence-corrected chi connectivity index (χ4v) is 2.73. The van der Waals surface area contributed by atoms with Crippen LogP contribution in [0, 0.1) is 5.92 Å². The standard InChI is InChI=1S/C16H24N2O/c1-2-15(11-13-7-4-3-5-8-13)18(16(17)19)12-14-9-6-10-14/h3-5,7-8,14-15H,2,6,9-12H2,1H3,(H2,17,19)/t15-/m1/s1. The highest BCUT2D eigenvalue weighted by molar-refractivity contribution is 5.72. The van der Waals surface area contributed by atoms with Crippen LogP contribution in [0.3, 0.4) is 0 Å². The molecule has 0 spiro atoms. The summed E-state index contributed by atoms with van der Waals surface area (Å²) in [7, 11) is 0. The molecule has 0 aromatic heterocycles. The first-order valence-electron chi connectivity index (χ1n) is 7.30. The van der Waals surface area contributed by atoms with Crippen LogP contribution in [0.4, 0.5) is 4.79 Å². The monoisotopic (exact) mass is 260 g/mol. The number of hydrogen-bond acceptors (Lipinski definition) is 1. The Morgan fingerprint density at radius 2 is 2.05 bits per heavy atom. The molecule has 0 heterocycles. The van der Waals surface area contributed by atoms with Crippen molar-refractivity contribution in [3.63, 3.8) is 0 Å². The Balaban J connectivity index is 2.01. The van der Waals surface area contributed by atoms with E-state index in [2.05, 4.69) is 19.1 Å². The molecule has 0 saturated heterocycles. The van der Waals surface area contributed by atoms with Crippen molar-refractivity contribution in [2.24, 2.45) is 11.7 Å². The summed E-state index contributed by atoms with van der Waals surface area (Å²) in [5.41, 5.74) is 6.85. The number of amides is 2. The Bertz CT molecular complexity index is 400. The zero-order chi connectivity index (χ0) is 13.7. The Kier molecular flexibility index (Phi) is 4.83. The molecule has 0 bridgehead atoms. The van der Waals surface area contributed by atoms with Crippen molar-refractivity contribution >= 4 is 6.03 Å². The van der Waals surface area contributed by atoms with E-state index < -0.39 is 0 Å². The summed E-state index contributed by atoms with van der Waals surface area (Å²) in [5.74, 6) is 0.664. The Labute approximate surface area is 115 Å². The quantitative estimate of drug-likeness (QED) is 0.839. The van der Waals surface area contributed by atoms with Crippen LogP contribution in [0.1, 0.15) is 38.2 Å². The number of hydrogen-bond donors (Lipinski definition) is 1. The molecule has 1 aliphatic rings. The van der Waals surface area contributed by atoms with Crippen molar-refractivity contribution in [1.29, 1.82) is 0 Å². The third kappa shape index (κ3) is 3.72. The van der Waals surface area contributed by atoms with Crippen molar-refractivity contribution in [1.82, 2.24) is 4.90 Å². The average Bonchev–Trinajstić information content (AvgIpc) is 2.36. The zero-order valence-electron chi connectivity index (χ0n) is 11.7. The lowest BCUT2D eigenvalue weighted by Crippen LogP contribution is -2.47. The first-order chi connectivity index (χ1) is 9.20. The van der Waals surface area contributed by atoms with Crippen LogP contribution < -0.4 is 5.73 Å². The van der Waals surface area contributed by atoms with Gasteiger partial charge in [0.15, 0.2) is 0 Å². The van der Waals surface area contributed by atoms with Crippen LogP contribution in [0.2, 0.25) is 0 Å². The molecule has 19 heavy (non-hydrogen) atoms. The number of benzene rings is 1. The topological polar surface area (TPSA) is 46.3 Å². The van der Waals surface area contributed by atoms with E-state index in [1.807, 2.05) is 23.1 Å². The molecule has 1 atom stereocenters. The van der Waals surface area contributed by atoms with Gasteiger partial charge >= 0.3 is 6.03 Å². The second kappa shape index (κ2) is 6.60. The molecule has 0 unspecified atom stereocenters. The summed E-state index contributed by atoms with van der Waals surface area (Å²) >= 11 is 0. The van der Waals surface area contributed by atoms with Gasteiger partial charge in [-0.3, -0.25) is 0 Å². The van der Waals surface area contributed by atoms with Crippen LogP contribution in [0.5, 0.6) is 0 Å². The van der Waals surface area contributed by atoms with E-state index in [1.165, 1.54) is 24.8 Å². The maximum absolute atomic E-state index is 11.7. The molecule has 104 valence electrons. The van der Waals surface area contributed by atoms with E-state index in [4.69, 9.17) is 5.73 Å². The van der Waals surface area contributed by atoms with Crippen molar-refractivity contribution in [2.75, 3.05) is 6.54 Å². The van der Waals surface area contributed by atoms with Crippen molar-refractivity contribution in [3.8, 4) is 0 Å². The molecule has 1 aromatic carbocycles. The van der Waals surface area contributed by atoms with Crippen molar-refractivity contribution in [2.45, 2.75) is 45.1 Å². The zero-order valence-corrected chi connectivity index (χ0v) is 11.7. The third-order valence-electron chi connectivity index (χ3n) is 4.19. The molecular formula is C16H24N2O. The Hall–Kier alpha value is -1.51. The second-order valence-corrected chi connectivity index (χ2v) is 5.54. The van der Waals surface area contributed by atoms with Gasteiger partial charge in [0.2, 0.25) is 0 Å². The van der Waals surface area contributed by atoms with Gasteiger partial charge in [-0.25, -0.2) is 4.79 Å². The summed E-state index contributed by atoms with van der Waals surface area (Å²) in [6.07, 6.45) is 5.63. The van der Waals surface area contributed by atoms with Gasteiger partial charge in [0.25, 0.3) is 0 Å². The average molecular weight is 260 g/mol. The van der Waals surface area contributed by atoms with Crippen molar-refractivity contribution in [3.05, 3.63) is 35.9 Å². The van der Waals surface area contributed by atoms with E-state index >= 15 is 0 Å². The van der Waals surface area contributed by atoms with Gasteiger partial charge in [-0.15, -0.1) is 0 Å². The highest BCUT2D eigenvalue weighted by atomic mass is 16.2. The second-order valence-electron chi connectivity index (χ2n) is 5.54. The van der Waals surface area contributed by atoms with E-state index in [1.54, 1.807) is 0 Å². The van der Waals surface area contributed by atoms with E-state index in [-0.39, 0.29) is 12.1 Å². The molecule has 3 heteroatoms. The lowest BCUT2D eigenvalue weighted by molar-refractivity contribution is 0.145. The number of nitrogens with zero attached hydrogens (tertiary/aromatic N) is 1. The van der Waals surface area contributed by atoms with E-state index in [0.717, 1.165) is 19.4 Å². The lowest BCUT2D eigenvalue weighted by Gasteiger charge is -2.36. The number of nitrogens with two attached hydrogens (primary N) is 1. The summed E-state index contributed by atoms with van der Waals surface area (Å²) in [6, 6.07) is 10.3. The minimum absolute atomic E-state index is 0.223. The summed E-state index contributed by atoms with van der Waals surface area (Å²) in [5, 5.41) is 0. The lowest BCUT2D eigenvalue weighted by atomic mass is 9.84. The Morgan fingerprint density at radius 1 is 1.37 bits per heavy atom. The van der Waals surface area contributed by atoms with Gasteiger partial charge in [-0.05, 0) is 37.2 Å². The van der Waals surface area contributed by atoms with Crippen LogP contribution in [-0.2, 0) is 6.42 Å². The molecule has 2 rings (SSSR count). The highest BCUT2D eigenvalue weighted by Gasteiger charge is 2.27. The van der Waals surface area contributed by atoms with Gasteiger partial charge in [-0.1, -0.05) is 43.7 Å². The van der Waals surface area contributed by atoms with Gasteiger partial charge in [0.05, 0.1) is 0 Å². The minimum Gasteiger partial charge on any atom is -0.351 e. The van der Waals surface area contributed by atoms with E-state index in [9.17, 15) is 4.79 Å². The van der Waals surface area contributed by atoms with Gasteiger partial charge in [-0.2, -0.15) is 0 Å². The fraction of sp³-hybridized carbons (Fsp3) is 0.562. The van der Waals surface area contributed by atoms with Gasteiger partial charge in [0, 0.05) is 12.6 Å². The third-order valence-corrected chi connectivity index (χ3v) is 4.19. The molecule has 2 amide bonds. The van der Waals surface area contributed by atoms with Crippen LogP contribution in [-0.4, -0.2) is 23.5 Å². The molecule has 0 radical (unpaired) electrons. The smallest absolute Gasteiger partial charge is 0.315 e. The summed E-state index contributed by atoms with van der Waals surface area (Å²) in [4.78, 5) is 13.6. The predicted molar refractivity (Wildman–Crippen MR) is 77.9 cm³/mol. The first kappa shape index (κ1) is 13.9. The summed E-state index contributed by atoms with van der Waals surface area (Å²) < 4.78 is 0. The predicted octanol–water partition coefficient (Wildman–Crippen LogP) is 3.19. The molecular weight excluding hydrogens is 236 g/mol. The fourth-order valence-electron chi connectivity index (χ4n) is 2.73. The molecule has 3 nitrogen and oxygen atoms in total. The molecule has 0 aliphatic heterocycles. The SMILES string of the molecule is CC[C@H](Cc1ccccc1)N(CC1CCC1)C(N)=O. The summed E-state index contributed by atoms with van der Waals surface area (Å²) in [6.45, 7) is 2.96. The number of carbonyl (C=O) groups excluding carboxylic acids is 1. The van der Waals surface area contributed by atoms with Crippen LogP contribution in [0.25, 0.3) is 0 Å². The largest absolute Gasteiger partial charge is 0.351 e. The Morgan fingerprint density at radius 3 is 2.53 bits per heavy atom. The minimum atomic E-state index is -0.269. The molecule has 1 saturated carbocycles. The van der Waals surface area contributed by atoms with Gasteiger partial charge < -0.3 is 10.6 Å². The first-order valence-corrected chi connectivity index (χ1v) is 7.30. The maximum Gasteiger partial charge on any atom is 0.315 e.